The lowest BCUT2D eigenvalue weighted by Crippen LogP contribution is -2.35. The van der Waals surface area contributed by atoms with Crippen molar-refractivity contribution in [3.63, 3.8) is 0 Å². The summed E-state index contributed by atoms with van der Waals surface area (Å²) in [6.45, 7) is 6.23. The van der Waals surface area contributed by atoms with Gasteiger partial charge in [0.05, 0.1) is 0 Å². The average Bonchev–Trinajstić information content (AvgIpc) is 2.63. The van der Waals surface area contributed by atoms with Gasteiger partial charge in [0.15, 0.2) is 0 Å². The van der Waals surface area contributed by atoms with Gasteiger partial charge < -0.3 is 11.1 Å². The van der Waals surface area contributed by atoms with Gasteiger partial charge in [0.25, 0.3) is 0 Å². The Morgan fingerprint density at radius 1 is 1.35 bits per heavy atom. The molecule has 0 bridgehead atoms. The van der Waals surface area contributed by atoms with Crippen LogP contribution in [0.5, 0.6) is 0 Å². The van der Waals surface area contributed by atoms with Crippen molar-refractivity contribution in [2.45, 2.75) is 58.0 Å². The summed E-state index contributed by atoms with van der Waals surface area (Å²) in [5.41, 5.74) is 7.07. The van der Waals surface area contributed by atoms with E-state index in [0.717, 1.165) is 30.2 Å². The summed E-state index contributed by atoms with van der Waals surface area (Å²) in [4.78, 5) is 9.00. The van der Waals surface area contributed by atoms with Crippen molar-refractivity contribution >= 4 is 5.82 Å². The molecule has 1 aliphatic carbocycles. The first-order chi connectivity index (χ1) is 8.06. The number of hydrogen-bond donors (Lipinski definition) is 2. The highest BCUT2D eigenvalue weighted by Gasteiger charge is 2.24. The van der Waals surface area contributed by atoms with E-state index in [1.807, 2.05) is 13.0 Å². The van der Waals surface area contributed by atoms with Crippen LogP contribution in [0.25, 0.3) is 0 Å². The van der Waals surface area contributed by atoms with E-state index < -0.39 is 0 Å². The van der Waals surface area contributed by atoms with E-state index in [1.165, 1.54) is 6.42 Å². The Balaban J connectivity index is 2.15. The molecule has 3 N–H and O–H groups in total. The lowest BCUT2D eigenvalue weighted by molar-refractivity contribution is 0.633. The molecule has 1 aromatic heterocycles. The van der Waals surface area contributed by atoms with Crippen LogP contribution in [-0.2, 0) is 0 Å². The molecule has 94 valence electrons. The zero-order valence-electron chi connectivity index (χ0n) is 10.9. The van der Waals surface area contributed by atoms with E-state index in [2.05, 4.69) is 29.1 Å². The summed E-state index contributed by atoms with van der Waals surface area (Å²) in [5.74, 6) is 2.18. The Hall–Kier alpha value is -1.16. The maximum atomic E-state index is 6.06. The third-order valence-corrected chi connectivity index (χ3v) is 3.29. The Labute approximate surface area is 103 Å². The molecule has 17 heavy (non-hydrogen) atoms. The van der Waals surface area contributed by atoms with Crippen LogP contribution in [0.15, 0.2) is 6.07 Å². The summed E-state index contributed by atoms with van der Waals surface area (Å²) >= 11 is 0. The van der Waals surface area contributed by atoms with Gasteiger partial charge in [-0.2, -0.15) is 0 Å². The van der Waals surface area contributed by atoms with Crippen LogP contribution in [0.3, 0.4) is 0 Å². The molecule has 0 aliphatic heterocycles. The second-order valence-corrected chi connectivity index (χ2v) is 5.25. The number of rotatable bonds is 3. The predicted octanol–water partition coefficient (Wildman–Crippen LogP) is 2.20. The summed E-state index contributed by atoms with van der Waals surface area (Å²) in [6, 6.07) is 2.62. The van der Waals surface area contributed by atoms with Crippen molar-refractivity contribution < 1.29 is 0 Å². The molecular weight excluding hydrogens is 212 g/mol. The quantitative estimate of drug-likeness (QED) is 0.841. The SMILES string of the molecule is Cc1cc(NC2CCCC2N)nc(C(C)C)n1. The van der Waals surface area contributed by atoms with E-state index >= 15 is 0 Å². The number of anilines is 1. The van der Waals surface area contributed by atoms with E-state index in [4.69, 9.17) is 5.73 Å². The van der Waals surface area contributed by atoms with Crippen LogP contribution < -0.4 is 11.1 Å². The molecule has 2 rings (SSSR count). The van der Waals surface area contributed by atoms with Crippen LogP contribution in [-0.4, -0.2) is 22.1 Å². The highest BCUT2D eigenvalue weighted by atomic mass is 15.1. The van der Waals surface area contributed by atoms with Crippen LogP contribution in [0.2, 0.25) is 0 Å². The minimum atomic E-state index is 0.257. The third kappa shape index (κ3) is 2.94. The molecule has 1 saturated carbocycles. The molecule has 0 spiro atoms. The van der Waals surface area contributed by atoms with Gasteiger partial charge in [-0.05, 0) is 26.2 Å². The fourth-order valence-electron chi connectivity index (χ4n) is 2.28. The highest BCUT2D eigenvalue weighted by Crippen LogP contribution is 2.22. The Kier molecular flexibility index (Phi) is 3.62. The standard InChI is InChI=1S/C13H22N4/c1-8(2)13-15-9(3)7-12(17-13)16-11-6-4-5-10(11)14/h7-8,10-11H,4-6,14H2,1-3H3,(H,15,16,17). The first kappa shape index (κ1) is 12.3. The predicted molar refractivity (Wildman–Crippen MR) is 70.1 cm³/mol. The van der Waals surface area contributed by atoms with E-state index in [1.54, 1.807) is 0 Å². The Morgan fingerprint density at radius 2 is 2.12 bits per heavy atom. The zero-order valence-corrected chi connectivity index (χ0v) is 10.9. The van der Waals surface area contributed by atoms with Gasteiger partial charge in [0.2, 0.25) is 0 Å². The number of nitrogens with one attached hydrogen (secondary N) is 1. The molecule has 4 nitrogen and oxygen atoms in total. The number of nitrogens with zero attached hydrogens (tertiary/aromatic N) is 2. The van der Waals surface area contributed by atoms with Crippen molar-refractivity contribution in [2.75, 3.05) is 5.32 Å². The van der Waals surface area contributed by atoms with Crippen LogP contribution in [0.1, 0.15) is 50.5 Å². The molecule has 4 heteroatoms. The molecule has 0 aromatic carbocycles. The van der Waals surface area contributed by atoms with Crippen molar-refractivity contribution in [1.29, 1.82) is 0 Å². The van der Waals surface area contributed by atoms with E-state index in [0.29, 0.717) is 12.0 Å². The molecule has 2 atom stereocenters. The normalized spacial score (nSPS) is 24.3. The molecular formula is C13H22N4. The molecule has 0 radical (unpaired) electrons. The number of aromatic nitrogens is 2. The Morgan fingerprint density at radius 3 is 2.71 bits per heavy atom. The maximum absolute atomic E-state index is 6.06. The highest BCUT2D eigenvalue weighted by molar-refractivity contribution is 5.38. The molecule has 1 fully saturated rings. The minimum Gasteiger partial charge on any atom is -0.366 e. The Bertz CT molecular complexity index is 389. The maximum Gasteiger partial charge on any atom is 0.133 e. The minimum absolute atomic E-state index is 0.257. The summed E-state index contributed by atoms with van der Waals surface area (Å²) in [7, 11) is 0. The molecule has 1 aromatic rings. The van der Waals surface area contributed by atoms with Gasteiger partial charge in [0, 0.05) is 29.8 Å². The summed E-state index contributed by atoms with van der Waals surface area (Å²) in [5, 5.41) is 3.45. The van der Waals surface area contributed by atoms with Crippen LogP contribution in [0, 0.1) is 6.92 Å². The van der Waals surface area contributed by atoms with Gasteiger partial charge in [-0.25, -0.2) is 9.97 Å². The van der Waals surface area contributed by atoms with E-state index in [-0.39, 0.29) is 6.04 Å². The molecule has 0 amide bonds. The lowest BCUT2D eigenvalue weighted by atomic mass is 10.2. The molecule has 2 unspecified atom stereocenters. The van der Waals surface area contributed by atoms with Crippen LogP contribution >= 0.6 is 0 Å². The van der Waals surface area contributed by atoms with E-state index in [9.17, 15) is 0 Å². The molecule has 1 aliphatic rings. The van der Waals surface area contributed by atoms with Gasteiger partial charge in [-0.3, -0.25) is 0 Å². The van der Waals surface area contributed by atoms with Gasteiger partial charge in [-0.15, -0.1) is 0 Å². The second-order valence-electron chi connectivity index (χ2n) is 5.25. The molecule has 1 heterocycles. The van der Waals surface area contributed by atoms with Crippen molar-refractivity contribution in [2.24, 2.45) is 5.73 Å². The summed E-state index contributed by atoms with van der Waals surface area (Å²) in [6.07, 6.45) is 3.46. The molecule has 0 saturated heterocycles. The number of aryl methyl sites for hydroxylation is 1. The van der Waals surface area contributed by atoms with Crippen molar-refractivity contribution in [3.8, 4) is 0 Å². The largest absolute Gasteiger partial charge is 0.366 e. The fraction of sp³-hybridized carbons (Fsp3) is 0.692. The van der Waals surface area contributed by atoms with Gasteiger partial charge in [-0.1, -0.05) is 13.8 Å². The first-order valence-electron chi connectivity index (χ1n) is 6.44. The van der Waals surface area contributed by atoms with Crippen molar-refractivity contribution in [3.05, 3.63) is 17.6 Å². The average molecular weight is 234 g/mol. The van der Waals surface area contributed by atoms with Crippen LogP contribution in [0.4, 0.5) is 5.82 Å². The zero-order chi connectivity index (χ0) is 12.4. The number of nitrogens with two attached hydrogens (primary N) is 1. The first-order valence-corrected chi connectivity index (χ1v) is 6.44. The third-order valence-electron chi connectivity index (χ3n) is 3.29. The van der Waals surface area contributed by atoms with Gasteiger partial charge in [0.1, 0.15) is 11.6 Å². The topological polar surface area (TPSA) is 63.8 Å². The number of hydrogen-bond acceptors (Lipinski definition) is 4. The van der Waals surface area contributed by atoms with Crippen molar-refractivity contribution in [1.82, 2.24) is 9.97 Å². The fourth-order valence-corrected chi connectivity index (χ4v) is 2.28. The summed E-state index contributed by atoms with van der Waals surface area (Å²) < 4.78 is 0. The second kappa shape index (κ2) is 5.00. The monoisotopic (exact) mass is 234 g/mol. The van der Waals surface area contributed by atoms with Gasteiger partial charge >= 0.3 is 0 Å². The lowest BCUT2D eigenvalue weighted by Gasteiger charge is -2.19. The smallest absolute Gasteiger partial charge is 0.133 e.